The predicted molar refractivity (Wildman–Crippen MR) is 169 cm³/mol. The molecular formula is C37H48O5. The summed E-state index contributed by atoms with van der Waals surface area (Å²) in [5.74, 6) is 2.71. The average Bonchev–Trinajstić information content (AvgIpc) is 3.35. The van der Waals surface area contributed by atoms with Crippen molar-refractivity contribution in [3.63, 3.8) is 0 Å². The third-order valence-corrected chi connectivity index (χ3v) is 8.22. The largest absolute Gasteiger partial charge is 0.494 e. The second kappa shape index (κ2) is 15.5. The van der Waals surface area contributed by atoms with Crippen molar-refractivity contribution in [3.05, 3.63) is 77.4 Å². The molecule has 0 aromatic heterocycles. The van der Waals surface area contributed by atoms with Crippen LogP contribution in [-0.2, 0) is 22.5 Å². The molecule has 1 aliphatic heterocycles. The molecule has 0 bridgehead atoms. The van der Waals surface area contributed by atoms with Crippen LogP contribution < -0.4 is 14.2 Å². The molecule has 1 saturated heterocycles. The number of hydrogen-bond donors (Lipinski definition) is 0. The SMILES string of the molecule is CCCCCCCCOc1ccc2c(c1)Cc1cc(COc3ccc(OCCCCOCC4(C)COC4)cc3)ccc1-2. The lowest BCUT2D eigenvalue weighted by Crippen LogP contribution is -2.43. The van der Waals surface area contributed by atoms with Gasteiger partial charge >= 0.3 is 0 Å². The van der Waals surface area contributed by atoms with Crippen molar-refractivity contribution in [1.82, 2.24) is 0 Å². The molecule has 2 aliphatic rings. The number of ether oxygens (including phenoxy) is 5. The molecule has 0 atom stereocenters. The van der Waals surface area contributed by atoms with E-state index >= 15 is 0 Å². The van der Waals surface area contributed by atoms with Gasteiger partial charge in [0.05, 0.1) is 33.0 Å². The van der Waals surface area contributed by atoms with Gasteiger partial charge in [0.15, 0.2) is 0 Å². The first kappa shape index (κ1) is 30.4. The van der Waals surface area contributed by atoms with Gasteiger partial charge in [0.25, 0.3) is 0 Å². The zero-order valence-corrected chi connectivity index (χ0v) is 25.6. The third kappa shape index (κ3) is 8.75. The monoisotopic (exact) mass is 572 g/mol. The fourth-order valence-corrected chi connectivity index (χ4v) is 5.64. The predicted octanol–water partition coefficient (Wildman–Crippen LogP) is 8.79. The van der Waals surface area contributed by atoms with Crippen LogP contribution in [-0.4, -0.2) is 39.6 Å². The highest BCUT2D eigenvalue weighted by atomic mass is 16.5. The van der Waals surface area contributed by atoms with Crippen molar-refractivity contribution in [3.8, 4) is 28.4 Å². The summed E-state index contributed by atoms with van der Waals surface area (Å²) < 4.78 is 29.1. The van der Waals surface area contributed by atoms with E-state index < -0.39 is 0 Å². The number of benzene rings is 3. The first-order valence-electron chi connectivity index (χ1n) is 16.0. The Hall–Kier alpha value is -3.02. The van der Waals surface area contributed by atoms with Gasteiger partial charge in [-0.3, -0.25) is 0 Å². The summed E-state index contributed by atoms with van der Waals surface area (Å²) in [6.07, 6.45) is 10.6. The quantitative estimate of drug-likeness (QED) is 0.105. The van der Waals surface area contributed by atoms with E-state index in [9.17, 15) is 0 Å². The van der Waals surface area contributed by atoms with E-state index in [0.717, 1.165) is 76.0 Å². The number of hydrogen-bond acceptors (Lipinski definition) is 5. The van der Waals surface area contributed by atoms with Crippen LogP contribution in [0, 0.1) is 5.41 Å². The molecule has 3 aromatic carbocycles. The van der Waals surface area contributed by atoms with Crippen LogP contribution in [0.1, 0.15) is 81.9 Å². The van der Waals surface area contributed by atoms with Gasteiger partial charge in [0, 0.05) is 12.0 Å². The molecule has 1 fully saturated rings. The van der Waals surface area contributed by atoms with Crippen LogP contribution in [0.3, 0.4) is 0 Å². The Morgan fingerprint density at radius 2 is 1.24 bits per heavy atom. The number of fused-ring (bicyclic) bond motifs is 3. The highest BCUT2D eigenvalue weighted by Gasteiger charge is 2.33. The van der Waals surface area contributed by atoms with Crippen molar-refractivity contribution < 1.29 is 23.7 Å². The van der Waals surface area contributed by atoms with E-state index in [1.807, 2.05) is 24.3 Å². The van der Waals surface area contributed by atoms with Gasteiger partial charge in [-0.2, -0.15) is 0 Å². The Morgan fingerprint density at radius 3 is 1.98 bits per heavy atom. The Bertz CT molecular complexity index is 1250. The molecule has 5 rings (SSSR count). The molecule has 0 radical (unpaired) electrons. The van der Waals surface area contributed by atoms with Gasteiger partial charge in [-0.1, -0.05) is 70.2 Å². The highest BCUT2D eigenvalue weighted by Crippen LogP contribution is 2.39. The van der Waals surface area contributed by atoms with Crippen molar-refractivity contribution in [2.24, 2.45) is 5.41 Å². The molecule has 0 unspecified atom stereocenters. The standard InChI is InChI=1S/C37H48O5/c1-3-4-5-6-7-8-20-41-34-16-18-36-31(24-34)23-30-22-29(11-17-35(30)36)25-42-33-14-12-32(13-15-33)40-21-10-9-19-38-26-37(2)27-39-28-37/h11-18,22,24H,3-10,19-21,23,25-28H2,1-2H3. The molecule has 1 aliphatic carbocycles. The van der Waals surface area contributed by atoms with E-state index in [0.29, 0.717) is 13.2 Å². The summed E-state index contributed by atoms with van der Waals surface area (Å²) in [6.45, 7) is 9.69. The molecule has 0 amide bonds. The molecule has 226 valence electrons. The van der Waals surface area contributed by atoms with E-state index in [2.05, 4.69) is 50.2 Å². The molecule has 5 nitrogen and oxygen atoms in total. The molecule has 0 N–H and O–H groups in total. The van der Waals surface area contributed by atoms with Gasteiger partial charge in [0.2, 0.25) is 0 Å². The molecule has 42 heavy (non-hydrogen) atoms. The van der Waals surface area contributed by atoms with E-state index in [4.69, 9.17) is 23.7 Å². The summed E-state index contributed by atoms with van der Waals surface area (Å²) in [6, 6.07) is 21.2. The first-order valence-corrected chi connectivity index (χ1v) is 16.0. The Kier molecular flexibility index (Phi) is 11.2. The van der Waals surface area contributed by atoms with Crippen LogP contribution >= 0.6 is 0 Å². The van der Waals surface area contributed by atoms with E-state index in [-0.39, 0.29) is 5.41 Å². The number of rotatable bonds is 19. The van der Waals surface area contributed by atoms with E-state index in [1.54, 1.807) is 0 Å². The summed E-state index contributed by atoms with van der Waals surface area (Å²) in [7, 11) is 0. The Morgan fingerprint density at radius 1 is 0.643 bits per heavy atom. The Balaban J connectivity index is 0.998. The summed E-state index contributed by atoms with van der Waals surface area (Å²) in [4.78, 5) is 0. The molecule has 5 heteroatoms. The maximum Gasteiger partial charge on any atom is 0.120 e. The molecular weight excluding hydrogens is 524 g/mol. The number of unbranched alkanes of at least 4 members (excludes halogenated alkanes) is 6. The van der Waals surface area contributed by atoms with Crippen molar-refractivity contribution >= 4 is 0 Å². The van der Waals surface area contributed by atoms with Crippen LogP contribution in [0.2, 0.25) is 0 Å². The minimum Gasteiger partial charge on any atom is -0.494 e. The fourth-order valence-electron chi connectivity index (χ4n) is 5.64. The maximum absolute atomic E-state index is 6.10. The third-order valence-electron chi connectivity index (χ3n) is 8.22. The minimum absolute atomic E-state index is 0.222. The van der Waals surface area contributed by atoms with Gasteiger partial charge in [-0.25, -0.2) is 0 Å². The van der Waals surface area contributed by atoms with Gasteiger partial charge in [-0.15, -0.1) is 0 Å². The summed E-state index contributed by atoms with van der Waals surface area (Å²) in [5, 5.41) is 0. The molecule has 1 heterocycles. The smallest absolute Gasteiger partial charge is 0.120 e. The van der Waals surface area contributed by atoms with Crippen LogP contribution in [0.5, 0.6) is 17.2 Å². The van der Waals surface area contributed by atoms with Crippen LogP contribution in [0.25, 0.3) is 11.1 Å². The Labute approximate surface area is 252 Å². The highest BCUT2D eigenvalue weighted by molar-refractivity contribution is 5.77. The summed E-state index contributed by atoms with van der Waals surface area (Å²) in [5.41, 5.74) is 6.77. The topological polar surface area (TPSA) is 46.2 Å². The molecule has 0 saturated carbocycles. The van der Waals surface area contributed by atoms with Gasteiger partial charge < -0.3 is 23.7 Å². The van der Waals surface area contributed by atoms with Gasteiger partial charge in [-0.05, 0) is 89.9 Å². The molecule has 0 spiro atoms. The van der Waals surface area contributed by atoms with Crippen LogP contribution in [0.15, 0.2) is 60.7 Å². The zero-order valence-electron chi connectivity index (χ0n) is 25.6. The zero-order chi connectivity index (χ0) is 29.0. The normalized spacial score (nSPS) is 14.6. The lowest BCUT2D eigenvalue weighted by atomic mass is 9.90. The van der Waals surface area contributed by atoms with E-state index in [1.165, 1.54) is 59.9 Å². The maximum atomic E-state index is 6.10. The first-order chi connectivity index (χ1) is 20.6. The van der Waals surface area contributed by atoms with Crippen molar-refractivity contribution in [2.75, 3.05) is 39.6 Å². The second-order valence-electron chi connectivity index (χ2n) is 12.3. The average molecular weight is 573 g/mol. The van der Waals surface area contributed by atoms with Gasteiger partial charge in [0.1, 0.15) is 23.9 Å². The lowest BCUT2D eigenvalue weighted by molar-refractivity contribution is -0.138. The van der Waals surface area contributed by atoms with Crippen molar-refractivity contribution in [1.29, 1.82) is 0 Å². The van der Waals surface area contributed by atoms with Crippen LogP contribution in [0.4, 0.5) is 0 Å². The molecule has 3 aromatic rings. The van der Waals surface area contributed by atoms with Crippen molar-refractivity contribution in [2.45, 2.75) is 78.2 Å². The lowest BCUT2D eigenvalue weighted by Gasteiger charge is -2.37. The second-order valence-corrected chi connectivity index (χ2v) is 12.3. The fraction of sp³-hybridized carbons (Fsp3) is 0.514. The minimum atomic E-state index is 0.222. The summed E-state index contributed by atoms with van der Waals surface area (Å²) >= 11 is 0.